The molecule has 4 N–H and O–H groups in total. The maximum Gasteiger partial charge on any atom is 0.254 e. The number of nitrogens with one attached hydrogen (secondary N) is 2. The maximum absolute atomic E-state index is 13.8. The monoisotopic (exact) mass is 252 g/mol. The molecule has 0 radical (unpaired) electrons. The van der Waals surface area contributed by atoms with Crippen LogP contribution in [0.4, 0.5) is 10.2 Å². The highest BCUT2D eigenvalue weighted by atomic mass is 19.1. The van der Waals surface area contributed by atoms with E-state index in [4.69, 9.17) is 5.84 Å². The first-order valence-electron chi connectivity index (χ1n) is 6.14. The van der Waals surface area contributed by atoms with Gasteiger partial charge in [-0.2, -0.15) is 0 Å². The first-order valence-corrected chi connectivity index (χ1v) is 6.14. The Morgan fingerprint density at radius 2 is 2.11 bits per heavy atom. The lowest BCUT2D eigenvalue weighted by atomic mass is 9.95. The topological polar surface area (TPSA) is 80.0 Å². The van der Waals surface area contributed by atoms with E-state index in [0.717, 1.165) is 25.7 Å². The molecule has 18 heavy (non-hydrogen) atoms. The van der Waals surface area contributed by atoms with Gasteiger partial charge < -0.3 is 10.7 Å². The fourth-order valence-corrected chi connectivity index (χ4v) is 2.23. The number of amides is 1. The van der Waals surface area contributed by atoms with Crippen molar-refractivity contribution in [3.63, 3.8) is 0 Å². The summed E-state index contributed by atoms with van der Waals surface area (Å²) in [5.74, 6) is 3.88. The molecule has 0 spiro atoms. The number of carbonyl (C=O) groups excluding carboxylic acids is 1. The molecule has 0 atom stereocenters. The predicted octanol–water partition coefficient (Wildman–Crippen LogP) is 1.57. The Morgan fingerprint density at radius 1 is 1.39 bits per heavy atom. The van der Waals surface area contributed by atoms with Crippen LogP contribution in [-0.4, -0.2) is 16.9 Å². The lowest BCUT2D eigenvalue weighted by molar-refractivity contribution is 0.0923. The Hall–Kier alpha value is -1.69. The highest BCUT2D eigenvalue weighted by molar-refractivity contribution is 5.95. The Bertz CT molecular complexity index is 432. The van der Waals surface area contributed by atoms with E-state index in [2.05, 4.69) is 15.7 Å². The molecule has 1 aliphatic rings. The number of halogens is 1. The minimum Gasteiger partial charge on any atom is -0.349 e. The molecule has 5 nitrogen and oxygen atoms in total. The normalized spacial score (nSPS) is 16.3. The van der Waals surface area contributed by atoms with Crippen molar-refractivity contribution >= 4 is 11.7 Å². The van der Waals surface area contributed by atoms with Crippen molar-refractivity contribution in [3.8, 4) is 0 Å². The van der Waals surface area contributed by atoms with E-state index in [-0.39, 0.29) is 17.4 Å². The number of hydrazine groups is 1. The molecule has 0 bridgehead atoms. The smallest absolute Gasteiger partial charge is 0.254 e. The van der Waals surface area contributed by atoms with Crippen LogP contribution in [0.3, 0.4) is 0 Å². The lowest BCUT2D eigenvalue weighted by Gasteiger charge is -2.22. The second-order valence-corrected chi connectivity index (χ2v) is 4.47. The number of nitrogens with zero attached hydrogens (tertiary/aromatic N) is 1. The summed E-state index contributed by atoms with van der Waals surface area (Å²) in [5, 5.41) is 2.85. The highest BCUT2D eigenvalue weighted by Gasteiger charge is 2.20. The summed E-state index contributed by atoms with van der Waals surface area (Å²) < 4.78 is 13.8. The van der Waals surface area contributed by atoms with Gasteiger partial charge in [0.15, 0.2) is 11.6 Å². The third-order valence-corrected chi connectivity index (χ3v) is 3.21. The average molecular weight is 252 g/mol. The number of hydrogen-bond donors (Lipinski definition) is 3. The van der Waals surface area contributed by atoms with Crippen LogP contribution in [0.15, 0.2) is 12.3 Å². The van der Waals surface area contributed by atoms with E-state index < -0.39 is 11.7 Å². The van der Waals surface area contributed by atoms with Crippen molar-refractivity contribution in [2.24, 2.45) is 5.84 Å². The first-order chi connectivity index (χ1) is 8.72. The van der Waals surface area contributed by atoms with Crippen molar-refractivity contribution < 1.29 is 9.18 Å². The number of anilines is 1. The lowest BCUT2D eigenvalue weighted by Crippen LogP contribution is -2.36. The van der Waals surface area contributed by atoms with Gasteiger partial charge in [0, 0.05) is 12.2 Å². The second kappa shape index (κ2) is 5.77. The largest absolute Gasteiger partial charge is 0.349 e. The summed E-state index contributed by atoms with van der Waals surface area (Å²) in [7, 11) is 0. The number of rotatable bonds is 3. The molecule has 0 saturated heterocycles. The van der Waals surface area contributed by atoms with Gasteiger partial charge in [-0.25, -0.2) is 15.2 Å². The molecular formula is C12H17FN4O. The van der Waals surface area contributed by atoms with Crippen molar-refractivity contribution in [3.05, 3.63) is 23.6 Å². The van der Waals surface area contributed by atoms with Crippen LogP contribution in [0.2, 0.25) is 0 Å². The van der Waals surface area contributed by atoms with Crippen LogP contribution in [0.25, 0.3) is 0 Å². The third-order valence-electron chi connectivity index (χ3n) is 3.21. The van der Waals surface area contributed by atoms with Gasteiger partial charge in [-0.05, 0) is 18.9 Å². The van der Waals surface area contributed by atoms with E-state index in [1.54, 1.807) is 0 Å². The molecule has 0 aliphatic heterocycles. The van der Waals surface area contributed by atoms with E-state index >= 15 is 0 Å². The zero-order valence-electron chi connectivity index (χ0n) is 10.1. The molecule has 0 aromatic carbocycles. The van der Waals surface area contributed by atoms with Gasteiger partial charge in [-0.1, -0.05) is 19.3 Å². The van der Waals surface area contributed by atoms with Crippen LogP contribution in [0.1, 0.15) is 42.5 Å². The third kappa shape index (κ3) is 2.76. The molecule has 1 amide bonds. The Balaban J connectivity index is 2.08. The summed E-state index contributed by atoms with van der Waals surface area (Å²) in [5.41, 5.74) is 2.10. The molecule has 1 aromatic heterocycles. The van der Waals surface area contributed by atoms with E-state index in [1.165, 1.54) is 18.7 Å². The highest BCUT2D eigenvalue weighted by Crippen LogP contribution is 2.19. The van der Waals surface area contributed by atoms with E-state index in [0.29, 0.717) is 0 Å². The molecule has 1 aliphatic carbocycles. The van der Waals surface area contributed by atoms with E-state index in [1.807, 2.05) is 0 Å². The molecule has 1 saturated carbocycles. The Morgan fingerprint density at radius 3 is 2.78 bits per heavy atom. The van der Waals surface area contributed by atoms with Gasteiger partial charge >= 0.3 is 0 Å². The van der Waals surface area contributed by atoms with Crippen molar-refractivity contribution in [1.82, 2.24) is 10.3 Å². The number of hydrogen-bond acceptors (Lipinski definition) is 4. The molecule has 1 aromatic rings. The molecular weight excluding hydrogens is 235 g/mol. The second-order valence-electron chi connectivity index (χ2n) is 4.47. The van der Waals surface area contributed by atoms with Crippen LogP contribution in [-0.2, 0) is 0 Å². The fraction of sp³-hybridized carbons (Fsp3) is 0.500. The Kier molecular flexibility index (Phi) is 4.09. The van der Waals surface area contributed by atoms with Gasteiger partial charge in [0.25, 0.3) is 5.91 Å². The minimum absolute atomic E-state index is 0.0245. The summed E-state index contributed by atoms with van der Waals surface area (Å²) >= 11 is 0. The van der Waals surface area contributed by atoms with Gasteiger partial charge in [0.05, 0.1) is 5.56 Å². The zero-order chi connectivity index (χ0) is 13.0. The van der Waals surface area contributed by atoms with E-state index in [9.17, 15) is 9.18 Å². The summed E-state index contributed by atoms with van der Waals surface area (Å²) in [4.78, 5) is 15.6. The van der Waals surface area contributed by atoms with Crippen molar-refractivity contribution in [2.75, 3.05) is 5.43 Å². The van der Waals surface area contributed by atoms with Crippen molar-refractivity contribution in [1.29, 1.82) is 0 Å². The number of nitrogens with two attached hydrogens (primary N) is 1. The fourth-order valence-electron chi connectivity index (χ4n) is 2.23. The van der Waals surface area contributed by atoms with Crippen LogP contribution in [0.5, 0.6) is 0 Å². The van der Waals surface area contributed by atoms with Gasteiger partial charge in [-0.15, -0.1) is 0 Å². The number of aromatic nitrogens is 1. The van der Waals surface area contributed by atoms with Gasteiger partial charge in [0.1, 0.15) is 0 Å². The van der Waals surface area contributed by atoms with Crippen LogP contribution >= 0.6 is 0 Å². The quantitative estimate of drug-likeness (QED) is 0.563. The van der Waals surface area contributed by atoms with Gasteiger partial charge in [0.2, 0.25) is 0 Å². The molecule has 1 heterocycles. The SMILES string of the molecule is NNc1nccc(C(=O)NC2CCCCC2)c1F. The summed E-state index contributed by atoms with van der Waals surface area (Å²) in [6, 6.07) is 1.50. The molecule has 1 fully saturated rings. The average Bonchev–Trinajstić information content (AvgIpc) is 2.40. The zero-order valence-corrected chi connectivity index (χ0v) is 10.1. The first kappa shape index (κ1) is 12.8. The van der Waals surface area contributed by atoms with Crippen LogP contribution in [0, 0.1) is 5.82 Å². The number of nitrogen functional groups attached to an aromatic ring is 1. The summed E-state index contributed by atoms with van der Waals surface area (Å²) in [6.45, 7) is 0. The summed E-state index contributed by atoms with van der Waals surface area (Å²) in [6.07, 6.45) is 6.70. The maximum atomic E-state index is 13.8. The predicted molar refractivity (Wildman–Crippen MR) is 66.3 cm³/mol. The minimum atomic E-state index is -0.715. The standard InChI is InChI=1S/C12H17FN4O/c13-10-9(6-7-15-11(10)17-14)12(18)16-8-4-2-1-3-5-8/h6-8H,1-5,14H2,(H,15,17)(H,16,18). The molecule has 2 rings (SSSR count). The van der Waals surface area contributed by atoms with Crippen molar-refractivity contribution in [2.45, 2.75) is 38.1 Å². The van der Waals surface area contributed by atoms with Gasteiger partial charge in [-0.3, -0.25) is 4.79 Å². The van der Waals surface area contributed by atoms with Crippen LogP contribution < -0.4 is 16.6 Å². The molecule has 98 valence electrons. The number of carbonyl (C=O) groups is 1. The Labute approximate surface area is 105 Å². The molecule has 0 unspecified atom stereocenters. The molecule has 6 heteroatoms. The number of pyridine rings is 1.